The minimum absolute atomic E-state index is 0.0400. The van der Waals surface area contributed by atoms with Crippen LogP contribution in [0.15, 0.2) is 59.5 Å². The second-order valence-corrected chi connectivity index (χ2v) is 9.35. The van der Waals surface area contributed by atoms with E-state index in [1.165, 1.54) is 6.20 Å². The Morgan fingerprint density at radius 2 is 1.94 bits per heavy atom. The summed E-state index contributed by atoms with van der Waals surface area (Å²) in [6, 6.07) is 14.1. The molecule has 1 aromatic carbocycles. The van der Waals surface area contributed by atoms with E-state index in [4.69, 9.17) is 11.6 Å². The van der Waals surface area contributed by atoms with Crippen LogP contribution in [0.25, 0.3) is 0 Å². The minimum atomic E-state index is -0.397. The summed E-state index contributed by atoms with van der Waals surface area (Å²) in [7, 11) is 0. The number of piperidine rings is 1. The number of carbonyl (C=O) groups is 2. The Bertz CT molecular complexity index is 1350. The monoisotopic (exact) mass is 491 g/mol. The van der Waals surface area contributed by atoms with Crippen molar-refractivity contribution in [2.75, 3.05) is 29.9 Å². The fourth-order valence-corrected chi connectivity index (χ4v) is 5.36. The molecule has 2 aliphatic rings. The highest BCUT2D eigenvalue weighted by Gasteiger charge is 2.35. The third-order valence-electron chi connectivity index (χ3n) is 6.67. The molecule has 2 atom stereocenters. The molecule has 3 aromatic rings. The molecule has 0 spiro atoms. The highest BCUT2D eigenvalue weighted by Crippen LogP contribution is 2.39. The van der Waals surface area contributed by atoms with E-state index in [0.29, 0.717) is 36.8 Å². The number of fused-ring (bicyclic) bond motifs is 4. The van der Waals surface area contributed by atoms with Crippen molar-refractivity contribution in [3.63, 3.8) is 0 Å². The molecule has 4 heterocycles. The van der Waals surface area contributed by atoms with Crippen LogP contribution in [-0.2, 0) is 6.54 Å². The quantitative estimate of drug-likeness (QED) is 0.532. The van der Waals surface area contributed by atoms with Crippen LogP contribution >= 0.6 is 11.6 Å². The summed E-state index contributed by atoms with van der Waals surface area (Å²) < 4.78 is 1.89. The second-order valence-electron chi connectivity index (χ2n) is 8.99. The number of anilines is 2. The summed E-state index contributed by atoms with van der Waals surface area (Å²) in [6.07, 6.45) is 2.54. The molecule has 1 fully saturated rings. The van der Waals surface area contributed by atoms with Gasteiger partial charge in [-0.15, -0.1) is 0 Å². The Labute approximate surface area is 207 Å². The second kappa shape index (κ2) is 9.54. The Morgan fingerprint density at radius 1 is 1.09 bits per heavy atom. The van der Waals surface area contributed by atoms with E-state index < -0.39 is 5.91 Å². The predicted octanol–water partition coefficient (Wildman–Crippen LogP) is 3.52. The third-order valence-corrected chi connectivity index (χ3v) is 6.97. The number of nitrogens with one attached hydrogen (secondary N) is 2. The molecular weight excluding hydrogens is 466 g/mol. The van der Waals surface area contributed by atoms with Crippen LogP contribution in [0.5, 0.6) is 0 Å². The van der Waals surface area contributed by atoms with Gasteiger partial charge < -0.3 is 20.1 Å². The normalized spacial score (nSPS) is 18.5. The first-order valence-corrected chi connectivity index (χ1v) is 12.1. The zero-order valence-electron chi connectivity index (χ0n) is 19.3. The molecule has 180 valence electrons. The first-order chi connectivity index (χ1) is 16.9. The molecule has 2 bridgehead atoms. The van der Waals surface area contributed by atoms with Gasteiger partial charge in [0.2, 0.25) is 0 Å². The zero-order chi connectivity index (χ0) is 24.5. The molecule has 35 heavy (non-hydrogen) atoms. The van der Waals surface area contributed by atoms with Gasteiger partial charge in [-0.1, -0.05) is 17.7 Å². The largest absolute Gasteiger partial charge is 0.369 e. The van der Waals surface area contributed by atoms with E-state index in [0.717, 1.165) is 24.3 Å². The molecule has 5 rings (SSSR count). The molecule has 0 aliphatic carbocycles. The first-order valence-electron chi connectivity index (χ1n) is 11.7. The molecule has 0 radical (unpaired) electrons. The summed E-state index contributed by atoms with van der Waals surface area (Å²) in [6.45, 7) is 4.48. The van der Waals surface area contributed by atoms with Crippen molar-refractivity contribution in [3.05, 3.63) is 87.1 Å². The van der Waals surface area contributed by atoms with E-state index in [1.54, 1.807) is 30.3 Å². The molecule has 2 amide bonds. The standard InChI is InChI=1S/C26H26ClN5O3/c1-2-28-25(34)17-8-9-22(20(12-17)30-26(35)19-5-4-10-29-24(19)27)31-13-16-11-18(15-31)21-6-3-7-23(33)32(21)14-16/h3-10,12,16,18H,2,11,13-15H2,1H3,(H,28,34)(H,30,35)/t16-,18+/m1/s1. The van der Waals surface area contributed by atoms with Crippen molar-refractivity contribution in [2.45, 2.75) is 25.8 Å². The van der Waals surface area contributed by atoms with Crippen molar-refractivity contribution in [1.29, 1.82) is 0 Å². The van der Waals surface area contributed by atoms with E-state index in [1.807, 2.05) is 29.7 Å². The molecule has 8 nitrogen and oxygen atoms in total. The number of hydrogen-bond donors (Lipinski definition) is 2. The number of carbonyl (C=O) groups excluding carboxylic acids is 2. The number of rotatable bonds is 5. The molecule has 9 heteroatoms. The van der Waals surface area contributed by atoms with Crippen LogP contribution < -0.4 is 21.1 Å². The Kier molecular flexibility index (Phi) is 6.30. The van der Waals surface area contributed by atoms with Crippen LogP contribution in [0, 0.1) is 5.92 Å². The Balaban J connectivity index is 1.50. The van der Waals surface area contributed by atoms with E-state index >= 15 is 0 Å². The molecular formula is C26H26ClN5O3. The van der Waals surface area contributed by atoms with E-state index in [-0.39, 0.29) is 28.1 Å². The third kappa shape index (κ3) is 4.53. The Morgan fingerprint density at radius 3 is 2.74 bits per heavy atom. The lowest BCUT2D eigenvalue weighted by Gasteiger charge is -2.44. The molecule has 0 unspecified atom stereocenters. The molecule has 2 N–H and O–H groups in total. The maximum absolute atomic E-state index is 13.1. The highest BCUT2D eigenvalue weighted by atomic mass is 35.5. The number of aromatic nitrogens is 2. The number of pyridine rings is 2. The van der Waals surface area contributed by atoms with Crippen molar-refractivity contribution in [1.82, 2.24) is 14.9 Å². The predicted molar refractivity (Wildman–Crippen MR) is 135 cm³/mol. The lowest BCUT2D eigenvalue weighted by molar-refractivity contribution is 0.0954. The van der Waals surface area contributed by atoms with Crippen LogP contribution in [0.3, 0.4) is 0 Å². The molecule has 0 saturated carbocycles. The number of hydrogen-bond acceptors (Lipinski definition) is 5. The van der Waals surface area contributed by atoms with Gasteiger partial charge in [0.1, 0.15) is 5.15 Å². The number of amides is 2. The smallest absolute Gasteiger partial charge is 0.258 e. The lowest BCUT2D eigenvalue weighted by atomic mass is 9.83. The maximum atomic E-state index is 13.1. The van der Waals surface area contributed by atoms with Gasteiger partial charge in [-0.3, -0.25) is 14.4 Å². The highest BCUT2D eigenvalue weighted by molar-refractivity contribution is 6.33. The summed E-state index contributed by atoms with van der Waals surface area (Å²) >= 11 is 6.15. The Hall–Kier alpha value is -3.65. The fourth-order valence-electron chi connectivity index (χ4n) is 5.15. The number of benzene rings is 1. The zero-order valence-corrected chi connectivity index (χ0v) is 20.1. The molecule has 2 aliphatic heterocycles. The molecule has 1 saturated heterocycles. The van der Waals surface area contributed by atoms with Gasteiger partial charge >= 0.3 is 0 Å². The van der Waals surface area contributed by atoms with E-state index in [9.17, 15) is 14.4 Å². The fraction of sp³-hybridized carbons (Fsp3) is 0.308. The van der Waals surface area contributed by atoms with Crippen LogP contribution in [0.2, 0.25) is 5.15 Å². The SMILES string of the molecule is CCNC(=O)c1ccc(N2C[C@H]3C[C@@H](C2)c2cccc(=O)n2C3)c(NC(=O)c2cccnc2Cl)c1. The van der Waals surface area contributed by atoms with Crippen molar-refractivity contribution >= 4 is 34.8 Å². The van der Waals surface area contributed by atoms with Gasteiger partial charge in [-0.2, -0.15) is 0 Å². The summed E-state index contributed by atoms with van der Waals surface area (Å²) in [5, 5.41) is 5.87. The van der Waals surface area contributed by atoms with Crippen LogP contribution in [0.4, 0.5) is 11.4 Å². The minimum Gasteiger partial charge on any atom is -0.369 e. The average molecular weight is 492 g/mol. The molecule has 2 aromatic heterocycles. The van der Waals surface area contributed by atoms with Gasteiger partial charge in [0.05, 0.1) is 16.9 Å². The van der Waals surface area contributed by atoms with Gasteiger partial charge in [-0.25, -0.2) is 4.98 Å². The van der Waals surface area contributed by atoms with Crippen molar-refractivity contribution in [3.8, 4) is 0 Å². The number of halogens is 1. The lowest BCUT2D eigenvalue weighted by Crippen LogP contribution is -2.47. The van der Waals surface area contributed by atoms with Gasteiger partial charge in [0.25, 0.3) is 17.4 Å². The average Bonchev–Trinajstić information content (AvgIpc) is 2.85. The maximum Gasteiger partial charge on any atom is 0.258 e. The van der Waals surface area contributed by atoms with Gasteiger partial charge in [0, 0.05) is 55.6 Å². The van der Waals surface area contributed by atoms with Gasteiger partial charge in [0.15, 0.2) is 0 Å². The summed E-state index contributed by atoms with van der Waals surface area (Å²) in [5.41, 5.74) is 3.16. The van der Waals surface area contributed by atoms with E-state index in [2.05, 4.69) is 20.5 Å². The van der Waals surface area contributed by atoms with Crippen LogP contribution in [0.1, 0.15) is 45.7 Å². The topological polar surface area (TPSA) is 96.3 Å². The van der Waals surface area contributed by atoms with Gasteiger partial charge in [-0.05, 0) is 55.7 Å². The summed E-state index contributed by atoms with van der Waals surface area (Å²) in [4.78, 5) is 44.2. The first kappa shape index (κ1) is 23.1. The number of nitrogens with zero attached hydrogens (tertiary/aromatic N) is 3. The van der Waals surface area contributed by atoms with Crippen LogP contribution in [-0.4, -0.2) is 41.0 Å². The van der Waals surface area contributed by atoms with Crippen molar-refractivity contribution < 1.29 is 9.59 Å². The van der Waals surface area contributed by atoms with Crippen molar-refractivity contribution in [2.24, 2.45) is 5.92 Å². The summed E-state index contributed by atoms with van der Waals surface area (Å²) in [5.74, 6) is -0.0965.